The van der Waals surface area contributed by atoms with Crippen LogP contribution in [0.25, 0.3) is 0 Å². The summed E-state index contributed by atoms with van der Waals surface area (Å²) in [4.78, 5) is 12.5. The van der Waals surface area contributed by atoms with E-state index >= 15 is 0 Å². The average Bonchev–Trinajstić information content (AvgIpc) is 2.63. The molecule has 0 aliphatic rings. The highest BCUT2D eigenvalue weighted by atomic mass is 32.2. The van der Waals surface area contributed by atoms with Crippen LogP contribution in [0.15, 0.2) is 47.4 Å². The van der Waals surface area contributed by atoms with Crippen LogP contribution in [0.3, 0.4) is 0 Å². The molecule has 0 fully saturated rings. The van der Waals surface area contributed by atoms with Crippen LogP contribution in [0.1, 0.15) is 42.6 Å². The zero-order chi connectivity index (χ0) is 20.0. The van der Waals surface area contributed by atoms with Gasteiger partial charge in [0, 0.05) is 11.6 Å². The second kappa shape index (κ2) is 8.90. The first-order valence-corrected chi connectivity index (χ1v) is 10.3. The molecule has 0 bridgehead atoms. The van der Waals surface area contributed by atoms with E-state index < -0.39 is 10.0 Å². The number of ether oxygens (including phenoxy) is 1. The van der Waals surface area contributed by atoms with Crippen molar-refractivity contribution in [2.45, 2.75) is 44.6 Å². The van der Waals surface area contributed by atoms with Crippen molar-refractivity contribution >= 4 is 21.6 Å². The molecule has 2 aromatic carbocycles. The second-order valence-corrected chi connectivity index (χ2v) is 8.16. The van der Waals surface area contributed by atoms with Gasteiger partial charge >= 0.3 is 0 Å². The Morgan fingerprint density at radius 2 is 1.81 bits per heavy atom. The maximum absolute atomic E-state index is 12.6. The Labute approximate surface area is 161 Å². The van der Waals surface area contributed by atoms with E-state index in [-0.39, 0.29) is 16.8 Å². The van der Waals surface area contributed by atoms with Crippen molar-refractivity contribution < 1.29 is 17.9 Å². The first-order valence-electron chi connectivity index (χ1n) is 8.85. The lowest BCUT2D eigenvalue weighted by atomic mass is 10.1. The fraction of sp³-hybridized carbons (Fsp3) is 0.350. The SMILES string of the molecule is CCC[C@@H](C)NC(=O)c1ccc(C)c(NS(=O)(=O)c2ccc(OC)cc2)c1. The summed E-state index contributed by atoms with van der Waals surface area (Å²) in [7, 11) is -2.26. The van der Waals surface area contributed by atoms with E-state index in [1.165, 1.54) is 19.2 Å². The number of benzene rings is 2. The zero-order valence-electron chi connectivity index (χ0n) is 16.1. The molecule has 0 radical (unpaired) electrons. The molecule has 0 aliphatic carbocycles. The lowest BCUT2D eigenvalue weighted by Crippen LogP contribution is -2.32. The predicted octanol–water partition coefficient (Wildman–Crippen LogP) is 3.72. The first-order chi connectivity index (χ1) is 12.8. The lowest BCUT2D eigenvalue weighted by Gasteiger charge is -2.15. The lowest BCUT2D eigenvalue weighted by molar-refractivity contribution is 0.0938. The van der Waals surface area contributed by atoms with E-state index in [0.29, 0.717) is 17.0 Å². The van der Waals surface area contributed by atoms with Crippen molar-refractivity contribution in [1.29, 1.82) is 0 Å². The van der Waals surface area contributed by atoms with E-state index in [1.807, 2.05) is 6.92 Å². The highest BCUT2D eigenvalue weighted by Gasteiger charge is 2.17. The summed E-state index contributed by atoms with van der Waals surface area (Å²) >= 11 is 0. The summed E-state index contributed by atoms with van der Waals surface area (Å²) in [6.45, 7) is 5.79. The number of sulfonamides is 1. The normalized spacial score (nSPS) is 12.3. The van der Waals surface area contributed by atoms with Crippen molar-refractivity contribution in [3.63, 3.8) is 0 Å². The van der Waals surface area contributed by atoms with E-state index in [2.05, 4.69) is 17.0 Å². The molecule has 0 aliphatic heterocycles. The standard InChI is InChI=1S/C20H26N2O4S/c1-5-6-15(3)21-20(23)16-8-7-14(2)19(13-16)22-27(24,25)18-11-9-17(26-4)10-12-18/h7-13,15,22H,5-6H2,1-4H3,(H,21,23)/t15-/m1/s1. The van der Waals surface area contributed by atoms with E-state index in [1.54, 1.807) is 37.3 Å². The summed E-state index contributed by atoms with van der Waals surface area (Å²) in [5, 5.41) is 2.92. The molecule has 0 spiro atoms. The molecule has 0 saturated heterocycles. The summed E-state index contributed by atoms with van der Waals surface area (Å²) < 4.78 is 32.9. The molecule has 0 heterocycles. The van der Waals surface area contributed by atoms with Gasteiger partial charge in [0.2, 0.25) is 0 Å². The average molecular weight is 391 g/mol. The number of hydrogen-bond acceptors (Lipinski definition) is 4. The van der Waals surface area contributed by atoms with Crippen molar-refractivity contribution in [3.8, 4) is 5.75 Å². The van der Waals surface area contributed by atoms with Crippen LogP contribution >= 0.6 is 0 Å². The highest BCUT2D eigenvalue weighted by Crippen LogP contribution is 2.23. The van der Waals surface area contributed by atoms with Crippen LogP contribution in [0.4, 0.5) is 5.69 Å². The van der Waals surface area contributed by atoms with Crippen molar-refractivity contribution in [2.24, 2.45) is 0 Å². The van der Waals surface area contributed by atoms with Crippen LogP contribution in [0, 0.1) is 6.92 Å². The maximum atomic E-state index is 12.6. The molecular weight excluding hydrogens is 364 g/mol. The van der Waals surface area contributed by atoms with Gasteiger partial charge in [-0.1, -0.05) is 19.4 Å². The Morgan fingerprint density at radius 3 is 2.41 bits per heavy atom. The number of carbonyl (C=O) groups is 1. The van der Waals surface area contributed by atoms with Crippen LogP contribution in [0.5, 0.6) is 5.75 Å². The Hall–Kier alpha value is -2.54. The van der Waals surface area contributed by atoms with Gasteiger partial charge in [0.25, 0.3) is 15.9 Å². The van der Waals surface area contributed by atoms with Crippen LogP contribution in [-0.2, 0) is 10.0 Å². The minimum atomic E-state index is -3.77. The van der Waals surface area contributed by atoms with E-state index in [9.17, 15) is 13.2 Å². The van der Waals surface area contributed by atoms with Gasteiger partial charge in [0.15, 0.2) is 0 Å². The number of rotatable bonds is 8. The summed E-state index contributed by atoms with van der Waals surface area (Å²) in [6.07, 6.45) is 1.86. The molecule has 0 unspecified atom stereocenters. The van der Waals surface area contributed by atoms with Gasteiger partial charge in [-0.3, -0.25) is 9.52 Å². The predicted molar refractivity (Wildman–Crippen MR) is 107 cm³/mol. The van der Waals surface area contributed by atoms with Gasteiger partial charge < -0.3 is 10.1 Å². The van der Waals surface area contributed by atoms with Gasteiger partial charge in [-0.25, -0.2) is 8.42 Å². The molecule has 27 heavy (non-hydrogen) atoms. The molecule has 146 valence electrons. The molecule has 6 nitrogen and oxygen atoms in total. The Balaban J connectivity index is 2.23. The monoisotopic (exact) mass is 390 g/mol. The summed E-state index contributed by atoms with van der Waals surface area (Å²) in [6, 6.07) is 11.1. The smallest absolute Gasteiger partial charge is 0.261 e. The Morgan fingerprint density at radius 1 is 1.15 bits per heavy atom. The van der Waals surface area contributed by atoms with E-state index in [4.69, 9.17) is 4.74 Å². The number of amides is 1. The number of anilines is 1. The van der Waals surface area contributed by atoms with Gasteiger partial charge in [0.05, 0.1) is 17.7 Å². The molecule has 7 heteroatoms. The molecule has 0 saturated carbocycles. The Bertz CT molecular complexity index is 893. The van der Waals surface area contributed by atoms with Crippen LogP contribution < -0.4 is 14.8 Å². The third-order valence-electron chi connectivity index (χ3n) is 4.21. The first kappa shape index (κ1) is 20.8. The second-order valence-electron chi connectivity index (χ2n) is 6.47. The minimum absolute atomic E-state index is 0.0586. The van der Waals surface area contributed by atoms with E-state index in [0.717, 1.165) is 18.4 Å². The quantitative estimate of drug-likeness (QED) is 0.719. The number of hydrogen-bond donors (Lipinski definition) is 2. The minimum Gasteiger partial charge on any atom is -0.497 e. The van der Waals surface area contributed by atoms with Gasteiger partial charge in [-0.2, -0.15) is 0 Å². The fourth-order valence-electron chi connectivity index (χ4n) is 2.64. The van der Waals surface area contributed by atoms with Crippen molar-refractivity contribution in [2.75, 3.05) is 11.8 Å². The van der Waals surface area contributed by atoms with Crippen LogP contribution in [0.2, 0.25) is 0 Å². The third-order valence-corrected chi connectivity index (χ3v) is 5.59. The number of carbonyl (C=O) groups excluding carboxylic acids is 1. The fourth-order valence-corrected chi connectivity index (χ4v) is 3.77. The maximum Gasteiger partial charge on any atom is 0.261 e. The Kier molecular flexibility index (Phi) is 6.85. The highest BCUT2D eigenvalue weighted by molar-refractivity contribution is 7.92. The molecule has 1 amide bonds. The molecule has 1 atom stereocenters. The molecule has 2 N–H and O–H groups in total. The molecule has 2 rings (SSSR count). The number of nitrogens with one attached hydrogen (secondary N) is 2. The van der Waals surface area contributed by atoms with Gasteiger partial charge in [0.1, 0.15) is 5.75 Å². The number of aryl methyl sites for hydroxylation is 1. The molecule has 0 aromatic heterocycles. The van der Waals surface area contributed by atoms with Gasteiger partial charge in [-0.05, 0) is 62.2 Å². The third kappa shape index (κ3) is 5.47. The van der Waals surface area contributed by atoms with Crippen molar-refractivity contribution in [3.05, 3.63) is 53.6 Å². The largest absolute Gasteiger partial charge is 0.497 e. The topological polar surface area (TPSA) is 84.5 Å². The van der Waals surface area contributed by atoms with Gasteiger partial charge in [-0.15, -0.1) is 0 Å². The number of methoxy groups -OCH3 is 1. The molecule has 2 aromatic rings. The summed E-state index contributed by atoms with van der Waals surface area (Å²) in [5.41, 5.74) is 1.52. The summed E-state index contributed by atoms with van der Waals surface area (Å²) in [5.74, 6) is 0.353. The molecular formula is C20H26N2O4S. The zero-order valence-corrected chi connectivity index (χ0v) is 16.9. The van der Waals surface area contributed by atoms with Crippen LogP contribution in [-0.4, -0.2) is 27.5 Å². The van der Waals surface area contributed by atoms with Crippen molar-refractivity contribution in [1.82, 2.24) is 5.32 Å².